The Labute approximate surface area is 156 Å². The van der Waals surface area contributed by atoms with Gasteiger partial charge in [-0.25, -0.2) is 0 Å². The van der Waals surface area contributed by atoms with E-state index in [2.05, 4.69) is 57.9 Å². The number of nitrogens with zero attached hydrogens (tertiary/aromatic N) is 2. The fraction of sp³-hybridized carbons (Fsp3) is 0.550. The van der Waals surface area contributed by atoms with Crippen molar-refractivity contribution in [3.63, 3.8) is 0 Å². The summed E-state index contributed by atoms with van der Waals surface area (Å²) in [6.07, 6.45) is 4.21. The lowest BCUT2D eigenvalue weighted by Crippen LogP contribution is -2.44. The Morgan fingerprint density at radius 3 is 2.92 bits per heavy atom. The van der Waals surface area contributed by atoms with E-state index in [9.17, 15) is 0 Å². The zero-order chi connectivity index (χ0) is 18.0. The van der Waals surface area contributed by atoms with Crippen LogP contribution in [0.1, 0.15) is 18.9 Å². The largest absolute Gasteiger partial charge is 0.379 e. The summed E-state index contributed by atoms with van der Waals surface area (Å²) in [6.45, 7) is 9.50. The number of guanidine groups is 1. The van der Waals surface area contributed by atoms with Gasteiger partial charge < -0.3 is 20.4 Å². The van der Waals surface area contributed by atoms with Gasteiger partial charge in [-0.1, -0.05) is 18.2 Å². The number of aromatic nitrogens is 1. The highest BCUT2D eigenvalue weighted by atomic mass is 16.5. The molecule has 1 aromatic heterocycles. The summed E-state index contributed by atoms with van der Waals surface area (Å²) in [4.78, 5) is 10.5. The summed E-state index contributed by atoms with van der Waals surface area (Å²) in [5, 5.41) is 8.10. The van der Waals surface area contributed by atoms with E-state index >= 15 is 0 Å². The molecule has 6 nitrogen and oxygen atoms in total. The molecule has 3 rings (SSSR count). The number of aliphatic imine (C=N–C) groups is 1. The SMILES string of the molecule is CCNC(=NCCCc1c[nH]c2ccccc12)NCCN1CCOCC1. The number of aromatic amines is 1. The molecule has 0 unspecified atom stereocenters. The third kappa shape index (κ3) is 5.47. The first-order valence-electron chi connectivity index (χ1n) is 9.74. The number of para-hydroxylation sites is 1. The highest BCUT2D eigenvalue weighted by Gasteiger charge is 2.09. The Balaban J connectivity index is 1.41. The molecule has 0 spiro atoms. The molecule has 3 N–H and O–H groups in total. The van der Waals surface area contributed by atoms with E-state index in [0.29, 0.717) is 0 Å². The minimum Gasteiger partial charge on any atom is -0.379 e. The molecule has 142 valence electrons. The van der Waals surface area contributed by atoms with Crippen LogP contribution in [0.4, 0.5) is 0 Å². The van der Waals surface area contributed by atoms with Gasteiger partial charge in [-0.05, 0) is 31.4 Å². The second-order valence-corrected chi connectivity index (χ2v) is 6.60. The van der Waals surface area contributed by atoms with E-state index in [-0.39, 0.29) is 0 Å². The molecule has 2 heterocycles. The van der Waals surface area contributed by atoms with Gasteiger partial charge >= 0.3 is 0 Å². The van der Waals surface area contributed by atoms with Crippen LogP contribution in [0.2, 0.25) is 0 Å². The molecule has 2 aromatic rings. The van der Waals surface area contributed by atoms with Crippen molar-refractivity contribution in [2.75, 3.05) is 52.5 Å². The molecule has 6 heteroatoms. The van der Waals surface area contributed by atoms with Crippen LogP contribution in [0.15, 0.2) is 35.5 Å². The summed E-state index contributed by atoms with van der Waals surface area (Å²) in [5.41, 5.74) is 2.59. The van der Waals surface area contributed by atoms with Crippen LogP contribution in [0.25, 0.3) is 10.9 Å². The van der Waals surface area contributed by atoms with E-state index in [1.165, 1.54) is 16.5 Å². The van der Waals surface area contributed by atoms with Gasteiger partial charge in [0.2, 0.25) is 0 Å². The van der Waals surface area contributed by atoms with E-state index in [0.717, 1.165) is 71.3 Å². The molecule has 1 aromatic carbocycles. The summed E-state index contributed by atoms with van der Waals surface area (Å²) < 4.78 is 5.39. The predicted octanol–water partition coefficient (Wildman–Crippen LogP) is 1.99. The smallest absolute Gasteiger partial charge is 0.191 e. The Kier molecular flexibility index (Phi) is 7.34. The molecule has 26 heavy (non-hydrogen) atoms. The molecular formula is C20H31N5O. The number of benzene rings is 1. The van der Waals surface area contributed by atoms with E-state index < -0.39 is 0 Å². The lowest BCUT2D eigenvalue weighted by atomic mass is 10.1. The van der Waals surface area contributed by atoms with E-state index in [1.807, 2.05) is 0 Å². The van der Waals surface area contributed by atoms with Gasteiger partial charge in [0.15, 0.2) is 5.96 Å². The number of aryl methyl sites for hydroxylation is 1. The molecule has 0 radical (unpaired) electrons. The van der Waals surface area contributed by atoms with Crippen molar-refractivity contribution in [1.29, 1.82) is 0 Å². The molecule has 0 bridgehead atoms. The van der Waals surface area contributed by atoms with Crippen molar-refractivity contribution in [2.24, 2.45) is 4.99 Å². The van der Waals surface area contributed by atoms with Crippen LogP contribution in [0, 0.1) is 0 Å². The third-order valence-corrected chi connectivity index (χ3v) is 4.72. The lowest BCUT2D eigenvalue weighted by Gasteiger charge is -2.26. The molecule has 0 saturated carbocycles. The first-order valence-corrected chi connectivity index (χ1v) is 9.74. The predicted molar refractivity (Wildman–Crippen MR) is 108 cm³/mol. The number of morpholine rings is 1. The second kappa shape index (κ2) is 10.2. The van der Waals surface area contributed by atoms with Crippen molar-refractivity contribution < 1.29 is 4.74 Å². The maximum Gasteiger partial charge on any atom is 0.191 e. The average Bonchev–Trinajstić information content (AvgIpc) is 3.09. The molecule has 0 aliphatic carbocycles. The van der Waals surface area contributed by atoms with Crippen molar-refractivity contribution in [3.05, 3.63) is 36.0 Å². The Morgan fingerprint density at radius 1 is 1.23 bits per heavy atom. The van der Waals surface area contributed by atoms with Gasteiger partial charge in [-0.2, -0.15) is 0 Å². The number of rotatable bonds is 8. The fourth-order valence-corrected chi connectivity index (χ4v) is 3.30. The summed E-state index contributed by atoms with van der Waals surface area (Å²) in [7, 11) is 0. The van der Waals surface area contributed by atoms with Gasteiger partial charge in [0.25, 0.3) is 0 Å². The Hall–Kier alpha value is -2.05. The first kappa shape index (κ1) is 18.7. The number of hydrogen-bond acceptors (Lipinski definition) is 3. The standard InChI is InChI=1S/C20H31N5O/c1-2-21-20(23-10-11-25-12-14-26-15-13-25)22-9-5-6-17-16-24-19-8-4-3-7-18(17)19/h3-4,7-8,16,24H,2,5-6,9-15H2,1H3,(H2,21,22,23). The van der Waals surface area contributed by atoms with Crippen LogP contribution >= 0.6 is 0 Å². The minimum atomic E-state index is 0.826. The van der Waals surface area contributed by atoms with E-state index in [1.54, 1.807) is 0 Å². The summed E-state index contributed by atoms with van der Waals surface area (Å²) >= 11 is 0. The minimum absolute atomic E-state index is 0.826. The lowest BCUT2D eigenvalue weighted by molar-refractivity contribution is 0.0389. The van der Waals surface area contributed by atoms with Crippen molar-refractivity contribution in [3.8, 4) is 0 Å². The quantitative estimate of drug-likeness (QED) is 0.384. The van der Waals surface area contributed by atoms with Gasteiger partial charge in [-0.15, -0.1) is 0 Å². The maximum absolute atomic E-state index is 5.39. The van der Waals surface area contributed by atoms with Crippen LogP contribution in [-0.4, -0.2) is 68.3 Å². The number of hydrogen-bond donors (Lipinski definition) is 3. The number of ether oxygens (including phenoxy) is 1. The van der Waals surface area contributed by atoms with Crippen LogP contribution < -0.4 is 10.6 Å². The zero-order valence-electron chi connectivity index (χ0n) is 15.8. The monoisotopic (exact) mass is 357 g/mol. The molecule has 0 atom stereocenters. The van der Waals surface area contributed by atoms with Crippen molar-refractivity contribution >= 4 is 16.9 Å². The van der Waals surface area contributed by atoms with Crippen LogP contribution in [-0.2, 0) is 11.2 Å². The first-order chi connectivity index (χ1) is 12.9. The van der Waals surface area contributed by atoms with E-state index in [4.69, 9.17) is 9.73 Å². The summed E-state index contributed by atoms with van der Waals surface area (Å²) in [5.74, 6) is 0.916. The van der Waals surface area contributed by atoms with Crippen LogP contribution in [0.3, 0.4) is 0 Å². The fourth-order valence-electron chi connectivity index (χ4n) is 3.30. The number of nitrogens with one attached hydrogen (secondary N) is 3. The highest BCUT2D eigenvalue weighted by Crippen LogP contribution is 2.18. The molecule has 0 amide bonds. The van der Waals surface area contributed by atoms with Crippen molar-refractivity contribution in [2.45, 2.75) is 19.8 Å². The normalized spacial score (nSPS) is 16.1. The number of fused-ring (bicyclic) bond motifs is 1. The second-order valence-electron chi connectivity index (χ2n) is 6.60. The summed E-state index contributed by atoms with van der Waals surface area (Å²) in [6, 6.07) is 8.47. The topological polar surface area (TPSA) is 64.7 Å². The molecule has 1 fully saturated rings. The zero-order valence-corrected chi connectivity index (χ0v) is 15.8. The average molecular weight is 358 g/mol. The van der Waals surface area contributed by atoms with Gasteiger partial charge in [0.05, 0.1) is 13.2 Å². The molecule has 1 aliphatic rings. The van der Waals surface area contributed by atoms with Gasteiger partial charge in [0.1, 0.15) is 0 Å². The highest BCUT2D eigenvalue weighted by molar-refractivity contribution is 5.83. The van der Waals surface area contributed by atoms with Gasteiger partial charge in [0, 0.05) is 56.4 Å². The van der Waals surface area contributed by atoms with Crippen LogP contribution in [0.5, 0.6) is 0 Å². The maximum atomic E-state index is 5.39. The Bertz CT molecular complexity index is 690. The number of H-pyrrole nitrogens is 1. The van der Waals surface area contributed by atoms with Crippen molar-refractivity contribution in [1.82, 2.24) is 20.5 Å². The molecule has 1 aliphatic heterocycles. The third-order valence-electron chi connectivity index (χ3n) is 4.72. The molecule has 1 saturated heterocycles. The van der Waals surface area contributed by atoms with Gasteiger partial charge in [-0.3, -0.25) is 9.89 Å². The molecular weight excluding hydrogens is 326 g/mol. The Morgan fingerprint density at radius 2 is 2.08 bits per heavy atom.